The number of nitrogens with zero attached hydrogens (tertiary/aromatic N) is 1. The van der Waals surface area contributed by atoms with Gasteiger partial charge in [0, 0.05) is 19.1 Å². The third-order valence-electron chi connectivity index (χ3n) is 2.96. The molecule has 0 aromatic heterocycles. The molecular weight excluding hydrogens is 228 g/mol. The number of rotatable bonds is 4. The molecule has 2 N–H and O–H groups in total. The lowest BCUT2D eigenvalue weighted by Gasteiger charge is -2.34. The van der Waals surface area contributed by atoms with Gasteiger partial charge in [-0.3, -0.25) is 9.69 Å². The molecule has 4 nitrogen and oxygen atoms in total. The molecule has 0 amide bonds. The zero-order valence-electron chi connectivity index (χ0n) is 10.1. The monoisotopic (exact) mass is 250 g/mol. The quantitative estimate of drug-likeness (QED) is 0.762. The molecule has 1 aliphatic rings. The van der Waals surface area contributed by atoms with E-state index in [2.05, 4.69) is 4.90 Å². The Kier molecular flexibility index (Phi) is 7.72. The molecule has 0 aliphatic carbocycles. The van der Waals surface area contributed by atoms with E-state index in [0.29, 0.717) is 12.6 Å². The van der Waals surface area contributed by atoms with E-state index in [1.165, 1.54) is 0 Å². The highest BCUT2D eigenvalue weighted by atomic mass is 35.5. The van der Waals surface area contributed by atoms with E-state index in [1.807, 2.05) is 13.8 Å². The molecule has 1 unspecified atom stereocenters. The van der Waals surface area contributed by atoms with Crippen LogP contribution in [0.2, 0.25) is 0 Å². The molecule has 1 atom stereocenters. The molecule has 96 valence electrons. The van der Waals surface area contributed by atoms with E-state index in [0.717, 1.165) is 32.4 Å². The third-order valence-corrected chi connectivity index (χ3v) is 2.96. The molecule has 0 aromatic rings. The van der Waals surface area contributed by atoms with E-state index in [9.17, 15) is 4.79 Å². The molecule has 5 heteroatoms. The second-order valence-electron chi connectivity index (χ2n) is 4.05. The highest BCUT2D eigenvalue weighted by molar-refractivity contribution is 5.85. The van der Waals surface area contributed by atoms with E-state index in [1.54, 1.807) is 0 Å². The minimum absolute atomic E-state index is 0. The number of piperidine rings is 1. The van der Waals surface area contributed by atoms with E-state index in [-0.39, 0.29) is 24.4 Å². The van der Waals surface area contributed by atoms with Crippen molar-refractivity contribution in [2.75, 3.05) is 19.7 Å². The lowest BCUT2D eigenvalue weighted by Crippen LogP contribution is -2.48. The first-order chi connectivity index (χ1) is 7.19. The summed E-state index contributed by atoms with van der Waals surface area (Å²) in [5.41, 5.74) is 5.83. The van der Waals surface area contributed by atoms with E-state index < -0.39 is 0 Å². The van der Waals surface area contributed by atoms with Gasteiger partial charge in [0.1, 0.15) is 6.04 Å². The number of hydrogen-bond acceptors (Lipinski definition) is 4. The first-order valence-corrected chi connectivity index (χ1v) is 5.85. The maximum atomic E-state index is 11.7. The summed E-state index contributed by atoms with van der Waals surface area (Å²) < 4.78 is 5.06. The average Bonchev–Trinajstić information content (AvgIpc) is 2.22. The average molecular weight is 251 g/mol. The summed E-state index contributed by atoms with van der Waals surface area (Å²) in [6, 6.07) is 0.235. The van der Waals surface area contributed by atoms with Gasteiger partial charge < -0.3 is 10.5 Å². The Balaban J connectivity index is 0.00000225. The van der Waals surface area contributed by atoms with Crippen molar-refractivity contribution in [3.05, 3.63) is 0 Å². The molecule has 0 saturated carbocycles. The van der Waals surface area contributed by atoms with Crippen molar-refractivity contribution in [3.63, 3.8) is 0 Å². The van der Waals surface area contributed by atoms with Gasteiger partial charge in [0.2, 0.25) is 0 Å². The normalized spacial score (nSPS) is 19.9. The van der Waals surface area contributed by atoms with Crippen LogP contribution in [0.15, 0.2) is 0 Å². The molecule has 16 heavy (non-hydrogen) atoms. The summed E-state index contributed by atoms with van der Waals surface area (Å²) in [5.74, 6) is -0.0875. The first-order valence-electron chi connectivity index (χ1n) is 5.85. The topological polar surface area (TPSA) is 55.6 Å². The molecule has 1 rings (SSSR count). The summed E-state index contributed by atoms with van der Waals surface area (Å²) in [4.78, 5) is 13.9. The largest absolute Gasteiger partial charge is 0.465 e. The zero-order chi connectivity index (χ0) is 11.3. The fraction of sp³-hybridized carbons (Fsp3) is 0.909. The summed E-state index contributed by atoms with van der Waals surface area (Å²) in [6.07, 6.45) is 2.78. The van der Waals surface area contributed by atoms with Gasteiger partial charge in [-0.25, -0.2) is 0 Å². The van der Waals surface area contributed by atoms with Crippen LogP contribution in [-0.2, 0) is 9.53 Å². The van der Waals surface area contributed by atoms with Gasteiger partial charge in [-0.15, -0.1) is 12.4 Å². The van der Waals surface area contributed by atoms with Gasteiger partial charge in [-0.2, -0.15) is 0 Å². The standard InChI is InChI=1S/C11H22N2O2.ClH/c1-3-10(11(14)15-4-2)13-7-5-9(12)6-8-13;/h9-10H,3-8,12H2,1-2H3;1H. The Labute approximate surface area is 104 Å². The van der Waals surface area contributed by atoms with Crippen molar-refractivity contribution in [2.45, 2.75) is 45.2 Å². The summed E-state index contributed by atoms with van der Waals surface area (Å²) >= 11 is 0. The number of ether oxygens (including phenoxy) is 1. The van der Waals surface area contributed by atoms with Crippen LogP contribution in [-0.4, -0.2) is 42.6 Å². The van der Waals surface area contributed by atoms with Crippen molar-refractivity contribution in [1.29, 1.82) is 0 Å². The molecule has 1 saturated heterocycles. The van der Waals surface area contributed by atoms with Crippen molar-refractivity contribution in [1.82, 2.24) is 4.90 Å². The number of nitrogens with two attached hydrogens (primary N) is 1. The van der Waals surface area contributed by atoms with Gasteiger partial charge in [0.15, 0.2) is 0 Å². The number of carbonyl (C=O) groups is 1. The molecule has 1 heterocycles. The second-order valence-corrected chi connectivity index (χ2v) is 4.05. The Hall–Kier alpha value is -0.320. The van der Waals surface area contributed by atoms with Crippen molar-refractivity contribution in [2.24, 2.45) is 5.73 Å². The SMILES string of the molecule is CCOC(=O)C(CC)N1CCC(N)CC1.Cl. The number of carbonyl (C=O) groups excluding carboxylic acids is 1. The molecule has 0 bridgehead atoms. The predicted molar refractivity (Wildman–Crippen MR) is 66.7 cm³/mol. The van der Waals surface area contributed by atoms with E-state index >= 15 is 0 Å². The smallest absolute Gasteiger partial charge is 0.323 e. The third kappa shape index (κ3) is 4.28. The van der Waals surface area contributed by atoms with Crippen LogP contribution in [0, 0.1) is 0 Å². The molecule has 1 aliphatic heterocycles. The highest BCUT2D eigenvalue weighted by Gasteiger charge is 2.28. The van der Waals surface area contributed by atoms with E-state index in [4.69, 9.17) is 10.5 Å². The van der Waals surface area contributed by atoms with Crippen LogP contribution in [0.5, 0.6) is 0 Å². The predicted octanol–water partition coefficient (Wildman–Crippen LogP) is 1.17. The van der Waals surface area contributed by atoms with Gasteiger partial charge in [-0.05, 0) is 26.2 Å². The molecule has 0 spiro atoms. The van der Waals surface area contributed by atoms with Crippen LogP contribution in [0.3, 0.4) is 0 Å². The van der Waals surface area contributed by atoms with Crippen molar-refractivity contribution < 1.29 is 9.53 Å². The number of esters is 1. The molecule has 0 aromatic carbocycles. The summed E-state index contributed by atoms with van der Waals surface area (Å²) in [5, 5.41) is 0. The van der Waals surface area contributed by atoms with Crippen LogP contribution in [0.25, 0.3) is 0 Å². The molecule has 0 radical (unpaired) electrons. The first kappa shape index (κ1) is 15.7. The van der Waals surface area contributed by atoms with Crippen molar-refractivity contribution >= 4 is 18.4 Å². The Morgan fingerprint density at radius 1 is 1.44 bits per heavy atom. The van der Waals surface area contributed by atoms with Gasteiger partial charge in [0.05, 0.1) is 6.61 Å². The summed E-state index contributed by atoms with van der Waals surface area (Å²) in [7, 11) is 0. The summed E-state index contributed by atoms with van der Waals surface area (Å²) in [6.45, 7) is 6.16. The Morgan fingerprint density at radius 3 is 2.44 bits per heavy atom. The Morgan fingerprint density at radius 2 is 2.00 bits per heavy atom. The van der Waals surface area contributed by atoms with Gasteiger partial charge >= 0.3 is 5.97 Å². The molecule has 1 fully saturated rings. The maximum Gasteiger partial charge on any atom is 0.323 e. The second kappa shape index (κ2) is 7.87. The highest BCUT2D eigenvalue weighted by Crippen LogP contribution is 2.14. The maximum absolute atomic E-state index is 11.7. The lowest BCUT2D eigenvalue weighted by molar-refractivity contribution is -0.150. The van der Waals surface area contributed by atoms with Crippen LogP contribution >= 0.6 is 12.4 Å². The minimum Gasteiger partial charge on any atom is -0.465 e. The van der Waals surface area contributed by atoms with Crippen LogP contribution < -0.4 is 5.73 Å². The fourth-order valence-corrected chi connectivity index (χ4v) is 2.04. The van der Waals surface area contributed by atoms with Crippen LogP contribution in [0.1, 0.15) is 33.1 Å². The molecular formula is C11H23ClN2O2. The van der Waals surface area contributed by atoms with Gasteiger partial charge in [-0.1, -0.05) is 6.92 Å². The van der Waals surface area contributed by atoms with Gasteiger partial charge in [0.25, 0.3) is 0 Å². The van der Waals surface area contributed by atoms with Crippen molar-refractivity contribution in [3.8, 4) is 0 Å². The zero-order valence-corrected chi connectivity index (χ0v) is 11.0. The van der Waals surface area contributed by atoms with Crippen LogP contribution in [0.4, 0.5) is 0 Å². The minimum atomic E-state index is -0.0875. The fourth-order valence-electron chi connectivity index (χ4n) is 2.04. The number of hydrogen-bond donors (Lipinski definition) is 1. The number of halogens is 1. The lowest BCUT2D eigenvalue weighted by atomic mass is 10.0. The Bertz CT molecular complexity index is 206. The number of likely N-dealkylation sites (tertiary alicyclic amines) is 1.